The van der Waals surface area contributed by atoms with Crippen LogP contribution in [-0.4, -0.2) is 27.8 Å². The van der Waals surface area contributed by atoms with Crippen molar-refractivity contribution >= 4 is 17.2 Å². The maximum Gasteiger partial charge on any atom is 0.159 e. The van der Waals surface area contributed by atoms with Crippen molar-refractivity contribution in [3.05, 3.63) is 118 Å². The van der Waals surface area contributed by atoms with Crippen LogP contribution in [0.1, 0.15) is 123 Å². The molecule has 0 aliphatic heterocycles. The van der Waals surface area contributed by atoms with Gasteiger partial charge in [-0.25, -0.2) is 0 Å². The van der Waals surface area contributed by atoms with E-state index in [-0.39, 0.29) is 22.5 Å². The van der Waals surface area contributed by atoms with E-state index in [1.165, 1.54) is 22.6 Å². The number of aryl methyl sites for hydroxylation is 2. The van der Waals surface area contributed by atoms with Crippen LogP contribution in [0, 0.1) is 24.3 Å². The van der Waals surface area contributed by atoms with E-state index in [2.05, 4.69) is 63.2 Å². The molecule has 296 valence electrons. The Morgan fingerprint density at radius 1 is 0.709 bits per heavy atom. The predicted molar refractivity (Wildman–Crippen MR) is 224 cm³/mol. The van der Waals surface area contributed by atoms with Gasteiger partial charge in [-0.1, -0.05) is 57.4 Å². The average molecular weight is 750 g/mol. The number of amidine groups is 1. The summed E-state index contributed by atoms with van der Waals surface area (Å²) >= 11 is 0. The number of hydrogen-bond acceptors (Lipinski definition) is 8. The lowest BCUT2D eigenvalue weighted by atomic mass is 9.65. The lowest BCUT2D eigenvalue weighted by Crippen LogP contribution is -2.47. The van der Waals surface area contributed by atoms with Crippen molar-refractivity contribution in [2.45, 2.75) is 136 Å². The van der Waals surface area contributed by atoms with Crippen LogP contribution in [0.25, 0.3) is 0 Å². The molecular weight excluding hydrogens is 691 g/mol. The molecule has 5 rings (SSSR count). The molecule has 9 nitrogen and oxygen atoms in total. The SMILES string of the molecule is CCC(C)(C)Oc1ccc(C2(c3ccc(OC(C)(C)C(=N[O-])N([O-])c4ccc(Oc5ccc(N(O)C(C)(C)CC)cc5)cc4)c(C)c3)CCCCC2)cc1C. The zero-order chi connectivity index (χ0) is 40.2. The summed E-state index contributed by atoms with van der Waals surface area (Å²) in [5.41, 5.74) is 3.30. The van der Waals surface area contributed by atoms with Crippen molar-refractivity contribution in [1.29, 1.82) is 0 Å². The van der Waals surface area contributed by atoms with Crippen molar-refractivity contribution in [2.24, 2.45) is 5.16 Å². The van der Waals surface area contributed by atoms with Crippen LogP contribution in [0.15, 0.2) is 90.1 Å². The van der Waals surface area contributed by atoms with E-state index in [9.17, 15) is 15.6 Å². The maximum absolute atomic E-state index is 13.6. The maximum atomic E-state index is 13.6. The highest BCUT2D eigenvalue weighted by atomic mass is 16.5. The number of anilines is 2. The van der Waals surface area contributed by atoms with Crippen molar-refractivity contribution in [1.82, 2.24) is 0 Å². The molecule has 55 heavy (non-hydrogen) atoms. The van der Waals surface area contributed by atoms with E-state index in [0.717, 1.165) is 55.4 Å². The topological polar surface area (TPSA) is 113 Å². The Bertz CT molecular complexity index is 1930. The van der Waals surface area contributed by atoms with Crippen molar-refractivity contribution in [3.8, 4) is 23.0 Å². The van der Waals surface area contributed by atoms with Gasteiger partial charge in [0.2, 0.25) is 0 Å². The van der Waals surface area contributed by atoms with Gasteiger partial charge >= 0.3 is 0 Å². The molecule has 0 spiro atoms. The summed E-state index contributed by atoms with van der Waals surface area (Å²) in [4.78, 5) is 0. The Morgan fingerprint density at radius 3 is 1.65 bits per heavy atom. The molecule has 1 aliphatic carbocycles. The summed E-state index contributed by atoms with van der Waals surface area (Å²) in [6.45, 7) is 19.8. The molecular formula is C46H59N3O6-2. The highest BCUT2D eigenvalue weighted by molar-refractivity contribution is 6.04. The lowest BCUT2D eigenvalue weighted by molar-refractivity contribution is 0.104. The highest BCUT2D eigenvalue weighted by Gasteiger charge is 2.37. The van der Waals surface area contributed by atoms with Gasteiger partial charge in [-0.2, -0.15) is 0 Å². The fourth-order valence-corrected chi connectivity index (χ4v) is 7.17. The van der Waals surface area contributed by atoms with Gasteiger partial charge in [0, 0.05) is 11.1 Å². The predicted octanol–water partition coefficient (Wildman–Crippen LogP) is 12.4. The molecule has 1 fully saturated rings. The van der Waals surface area contributed by atoms with Crippen molar-refractivity contribution in [3.63, 3.8) is 0 Å². The second kappa shape index (κ2) is 16.6. The quantitative estimate of drug-likeness (QED) is 0.0770. The molecule has 0 amide bonds. The van der Waals surface area contributed by atoms with Gasteiger partial charge in [-0.05, 0) is 164 Å². The molecule has 0 heterocycles. The van der Waals surface area contributed by atoms with Crippen LogP contribution in [-0.2, 0) is 5.41 Å². The molecule has 0 aromatic heterocycles. The number of nitrogens with zero attached hydrogens (tertiary/aromatic N) is 3. The minimum Gasteiger partial charge on any atom is -0.791 e. The van der Waals surface area contributed by atoms with Gasteiger partial charge in [-0.15, -0.1) is 0 Å². The van der Waals surface area contributed by atoms with Crippen LogP contribution in [0.5, 0.6) is 23.0 Å². The first-order valence-corrected chi connectivity index (χ1v) is 19.6. The van der Waals surface area contributed by atoms with Crippen LogP contribution in [0.2, 0.25) is 0 Å². The zero-order valence-electron chi connectivity index (χ0n) is 34.4. The zero-order valence-corrected chi connectivity index (χ0v) is 34.4. The average Bonchev–Trinajstić information content (AvgIpc) is 3.17. The first kappa shape index (κ1) is 41.4. The Kier molecular flexibility index (Phi) is 12.5. The standard InChI is InChI=1S/C46H60N3O6/c1-11-43(5,6)49(52)37-20-24-39(25-21-37)53-38-22-18-36(19-23-38)48(51)42(47-50)45(9,10)55-41-27-17-35(31-33(41)4)46(28-14-13-15-29-46)34-16-26-40(32(3)30-34)54-44(7,8)12-2/h16-27,30-31,50,52H,11-15,28-29H2,1-10H3/q-1/p-1. The third-order valence-electron chi connectivity index (χ3n) is 11.4. The van der Waals surface area contributed by atoms with E-state index in [1.807, 2.05) is 33.8 Å². The van der Waals surface area contributed by atoms with Crippen LogP contribution < -0.4 is 24.3 Å². The fourth-order valence-electron chi connectivity index (χ4n) is 7.17. The lowest BCUT2D eigenvalue weighted by Gasteiger charge is -2.41. The van der Waals surface area contributed by atoms with Gasteiger partial charge in [0.25, 0.3) is 0 Å². The van der Waals surface area contributed by atoms with E-state index in [4.69, 9.17) is 14.2 Å². The van der Waals surface area contributed by atoms with E-state index in [1.54, 1.807) is 62.4 Å². The highest BCUT2D eigenvalue weighted by Crippen LogP contribution is 2.47. The van der Waals surface area contributed by atoms with E-state index < -0.39 is 11.1 Å². The summed E-state index contributed by atoms with van der Waals surface area (Å²) in [7, 11) is 0. The third kappa shape index (κ3) is 9.22. The molecule has 1 N–H and O–H groups in total. The van der Waals surface area contributed by atoms with Crippen LogP contribution >= 0.6 is 0 Å². The Hall–Kier alpha value is -4.73. The van der Waals surface area contributed by atoms with Crippen molar-refractivity contribution in [2.75, 3.05) is 10.1 Å². The molecule has 9 heteroatoms. The largest absolute Gasteiger partial charge is 0.791 e. The number of hydrogen-bond donors (Lipinski definition) is 1. The first-order chi connectivity index (χ1) is 25.9. The first-order valence-electron chi connectivity index (χ1n) is 19.6. The molecule has 0 unspecified atom stereocenters. The monoisotopic (exact) mass is 749 g/mol. The summed E-state index contributed by atoms with van der Waals surface area (Å²) in [5.74, 6) is 2.26. The molecule has 1 saturated carbocycles. The molecule has 0 bridgehead atoms. The molecule has 1 aliphatic rings. The number of ether oxygens (including phenoxy) is 3. The van der Waals surface area contributed by atoms with Crippen molar-refractivity contribution < 1.29 is 19.4 Å². The minimum absolute atomic E-state index is 0.139. The smallest absolute Gasteiger partial charge is 0.159 e. The summed E-state index contributed by atoms with van der Waals surface area (Å²) < 4.78 is 18.8. The number of benzene rings is 4. The second-order valence-corrected chi connectivity index (χ2v) is 16.7. The van der Waals surface area contributed by atoms with Gasteiger partial charge < -0.3 is 34.8 Å². The molecule has 0 radical (unpaired) electrons. The molecule has 4 aromatic rings. The Labute approximate surface area is 328 Å². The molecule has 4 aromatic carbocycles. The van der Waals surface area contributed by atoms with E-state index in [0.29, 0.717) is 28.0 Å². The molecule has 0 saturated heterocycles. The second-order valence-electron chi connectivity index (χ2n) is 16.7. The normalized spacial score (nSPS) is 15.0. The van der Waals surface area contributed by atoms with Crippen LogP contribution in [0.3, 0.4) is 0 Å². The van der Waals surface area contributed by atoms with E-state index >= 15 is 0 Å². The summed E-state index contributed by atoms with van der Waals surface area (Å²) in [6, 6.07) is 26.5. The van der Waals surface area contributed by atoms with Crippen LogP contribution in [0.4, 0.5) is 11.4 Å². The van der Waals surface area contributed by atoms with Gasteiger partial charge in [0.05, 0.1) is 11.2 Å². The summed E-state index contributed by atoms with van der Waals surface area (Å²) in [5, 5.41) is 41.4. The molecule has 0 atom stereocenters. The third-order valence-corrected chi connectivity index (χ3v) is 11.4. The number of hydroxylamine groups is 2. The van der Waals surface area contributed by atoms with Gasteiger partial charge in [0.15, 0.2) is 5.60 Å². The Balaban J connectivity index is 1.30. The minimum atomic E-state index is -1.35. The van der Waals surface area contributed by atoms with Gasteiger partial charge in [-0.3, -0.25) is 10.3 Å². The Morgan fingerprint density at radius 2 is 1.20 bits per heavy atom. The van der Waals surface area contributed by atoms with Gasteiger partial charge in [0.1, 0.15) is 34.4 Å². The summed E-state index contributed by atoms with van der Waals surface area (Å²) in [6.07, 6.45) is 7.30. The number of rotatable bonds is 14. The fraction of sp³-hybridized carbons (Fsp3) is 0.457.